The van der Waals surface area contributed by atoms with Crippen LogP contribution in [0.2, 0.25) is 0 Å². The highest BCUT2D eigenvalue weighted by Crippen LogP contribution is 2.28. The van der Waals surface area contributed by atoms with Crippen LogP contribution in [0.5, 0.6) is 0 Å². The largest absolute Gasteiger partial charge is 0.366 e. The molecule has 0 fully saturated rings. The first-order chi connectivity index (χ1) is 11.1. The van der Waals surface area contributed by atoms with Gasteiger partial charge in [-0.3, -0.25) is 4.79 Å². The number of amides is 1. The van der Waals surface area contributed by atoms with Gasteiger partial charge in [-0.25, -0.2) is 4.39 Å². The van der Waals surface area contributed by atoms with Crippen LogP contribution in [0.3, 0.4) is 0 Å². The van der Waals surface area contributed by atoms with Crippen LogP contribution in [0.1, 0.15) is 18.1 Å². The highest BCUT2D eigenvalue weighted by atomic mass is 19.1. The lowest BCUT2D eigenvalue weighted by molar-refractivity contribution is -0.120. The molecule has 2 aromatic carbocycles. The monoisotopic (exact) mass is 312 g/mol. The van der Waals surface area contributed by atoms with Crippen molar-refractivity contribution in [3.05, 3.63) is 65.5 Å². The summed E-state index contributed by atoms with van der Waals surface area (Å²) in [5.74, 6) is -0.382. The van der Waals surface area contributed by atoms with Crippen LogP contribution < -0.4 is 10.2 Å². The molecular formula is C19H21FN2O. The lowest BCUT2D eigenvalue weighted by atomic mass is 10.1. The SMILES string of the molecule is C[C@H](CNC(=O)Cc1cccc(F)c1)N1CCc2ccccc21. The van der Waals surface area contributed by atoms with Gasteiger partial charge in [0.15, 0.2) is 0 Å². The van der Waals surface area contributed by atoms with E-state index in [2.05, 4.69) is 35.3 Å². The number of carbonyl (C=O) groups is 1. The smallest absolute Gasteiger partial charge is 0.224 e. The van der Waals surface area contributed by atoms with E-state index in [0.717, 1.165) is 13.0 Å². The number of para-hydroxylation sites is 1. The first kappa shape index (κ1) is 15.5. The molecule has 0 aromatic heterocycles. The molecule has 1 aliphatic rings. The van der Waals surface area contributed by atoms with Crippen LogP contribution in [0.4, 0.5) is 10.1 Å². The van der Waals surface area contributed by atoms with Gasteiger partial charge in [-0.15, -0.1) is 0 Å². The fourth-order valence-electron chi connectivity index (χ4n) is 3.09. The number of carbonyl (C=O) groups excluding carboxylic acids is 1. The second-order valence-electron chi connectivity index (χ2n) is 6.03. The third-order valence-corrected chi connectivity index (χ3v) is 4.30. The first-order valence-electron chi connectivity index (χ1n) is 7.99. The van der Waals surface area contributed by atoms with E-state index < -0.39 is 0 Å². The van der Waals surface area contributed by atoms with Crippen molar-refractivity contribution >= 4 is 11.6 Å². The first-order valence-corrected chi connectivity index (χ1v) is 7.99. The number of benzene rings is 2. The van der Waals surface area contributed by atoms with Gasteiger partial charge >= 0.3 is 0 Å². The molecule has 1 aliphatic heterocycles. The van der Waals surface area contributed by atoms with Crippen molar-refractivity contribution in [3.8, 4) is 0 Å². The lowest BCUT2D eigenvalue weighted by Crippen LogP contribution is -2.41. The van der Waals surface area contributed by atoms with Crippen molar-refractivity contribution < 1.29 is 9.18 Å². The Morgan fingerprint density at radius 3 is 2.91 bits per heavy atom. The summed E-state index contributed by atoms with van der Waals surface area (Å²) < 4.78 is 13.1. The standard InChI is InChI=1S/C19H21FN2O/c1-14(22-10-9-16-6-2-3-8-18(16)22)13-21-19(23)12-15-5-4-7-17(20)11-15/h2-8,11,14H,9-10,12-13H2,1H3,(H,21,23)/t14-/m1/s1. The van der Waals surface area contributed by atoms with E-state index in [4.69, 9.17) is 0 Å². The van der Waals surface area contributed by atoms with E-state index in [-0.39, 0.29) is 24.2 Å². The van der Waals surface area contributed by atoms with E-state index in [0.29, 0.717) is 12.1 Å². The molecule has 0 bridgehead atoms. The zero-order valence-electron chi connectivity index (χ0n) is 13.3. The summed E-state index contributed by atoms with van der Waals surface area (Å²) in [6.45, 7) is 3.69. The number of hydrogen-bond acceptors (Lipinski definition) is 2. The molecule has 3 rings (SSSR count). The Morgan fingerprint density at radius 1 is 1.26 bits per heavy atom. The second kappa shape index (κ2) is 6.82. The summed E-state index contributed by atoms with van der Waals surface area (Å²) in [5.41, 5.74) is 3.33. The van der Waals surface area contributed by atoms with Crippen molar-refractivity contribution in [3.63, 3.8) is 0 Å². The molecule has 0 aliphatic carbocycles. The molecule has 1 N–H and O–H groups in total. The van der Waals surface area contributed by atoms with Crippen LogP contribution in [0.15, 0.2) is 48.5 Å². The van der Waals surface area contributed by atoms with Crippen LogP contribution in [0, 0.1) is 5.82 Å². The van der Waals surface area contributed by atoms with Crippen LogP contribution >= 0.6 is 0 Å². The van der Waals surface area contributed by atoms with Crippen LogP contribution in [-0.4, -0.2) is 25.0 Å². The summed E-state index contributed by atoms with van der Waals surface area (Å²) in [6, 6.07) is 14.8. The lowest BCUT2D eigenvalue weighted by Gasteiger charge is -2.27. The zero-order valence-corrected chi connectivity index (χ0v) is 13.3. The van der Waals surface area contributed by atoms with Gasteiger partial charge in [-0.05, 0) is 42.7 Å². The minimum Gasteiger partial charge on any atom is -0.366 e. The third kappa shape index (κ3) is 3.70. The highest BCUT2D eigenvalue weighted by Gasteiger charge is 2.23. The molecule has 2 aromatic rings. The molecule has 1 amide bonds. The van der Waals surface area contributed by atoms with E-state index in [1.165, 1.54) is 23.4 Å². The van der Waals surface area contributed by atoms with E-state index in [9.17, 15) is 9.18 Å². The van der Waals surface area contributed by atoms with Gasteiger partial charge in [0, 0.05) is 24.8 Å². The maximum absolute atomic E-state index is 13.1. The normalized spacial score (nSPS) is 14.4. The van der Waals surface area contributed by atoms with Gasteiger partial charge in [0.2, 0.25) is 5.91 Å². The maximum atomic E-state index is 13.1. The quantitative estimate of drug-likeness (QED) is 0.920. The molecule has 1 atom stereocenters. The maximum Gasteiger partial charge on any atom is 0.224 e. The van der Waals surface area contributed by atoms with Gasteiger partial charge in [0.05, 0.1) is 6.42 Å². The number of nitrogens with zero attached hydrogens (tertiary/aromatic N) is 1. The van der Waals surface area contributed by atoms with Crippen LogP contribution in [0.25, 0.3) is 0 Å². The minimum atomic E-state index is -0.308. The van der Waals surface area contributed by atoms with Crippen molar-refractivity contribution in [1.82, 2.24) is 5.32 Å². The molecule has 0 unspecified atom stereocenters. The number of nitrogens with one attached hydrogen (secondary N) is 1. The minimum absolute atomic E-state index is 0.0741. The number of hydrogen-bond donors (Lipinski definition) is 1. The summed E-state index contributed by atoms with van der Waals surface area (Å²) in [7, 11) is 0. The summed E-state index contributed by atoms with van der Waals surface area (Å²) in [4.78, 5) is 14.4. The van der Waals surface area contributed by atoms with Gasteiger partial charge in [-0.1, -0.05) is 30.3 Å². The fourth-order valence-corrected chi connectivity index (χ4v) is 3.09. The van der Waals surface area contributed by atoms with Gasteiger partial charge in [-0.2, -0.15) is 0 Å². The third-order valence-electron chi connectivity index (χ3n) is 4.30. The Hall–Kier alpha value is -2.36. The Balaban J connectivity index is 1.53. The molecule has 0 saturated carbocycles. The van der Waals surface area contributed by atoms with E-state index >= 15 is 0 Å². The number of anilines is 1. The fraction of sp³-hybridized carbons (Fsp3) is 0.316. The number of rotatable bonds is 5. The summed E-state index contributed by atoms with van der Waals surface area (Å²) >= 11 is 0. The highest BCUT2D eigenvalue weighted by molar-refractivity contribution is 5.78. The van der Waals surface area contributed by atoms with Gasteiger partial charge in [0.1, 0.15) is 5.82 Å². The Kier molecular flexibility index (Phi) is 4.60. The predicted octanol–water partition coefficient (Wildman–Crippen LogP) is 2.94. The van der Waals surface area contributed by atoms with Crippen molar-refractivity contribution in [1.29, 1.82) is 0 Å². The van der Waals surface area contributed by atoms with Crippen LogP contribution in [-0.2, 0) is 17.6 Å². The van der Waals surface area contributed by atoms with E-state index in [1.54, 1.807) is 12.1 Å². The second-order valence-corrected chi connectivity index (χ2v) is 6.03. The molecular weight excluding hydrogens is 291 g/mol. The molecule has 1 heterocycles. The molecule has 0 radical (unpaired) electrons. The number of halogens is 1. The molecule has 120 valence electrons. The topological polar surface area (TPSA) is 32.3 Å². The average molecular weight is 312 g/mol. The molecule has 0 spiro atoms. The summed E-state index contributed by atoms with van der Waals surface area (Å²) in [6.07, 6.45) is 1.26. The van der Waals surface area contributed by atoms with Crippen molar-refractivity contribution in [2.75, 3.05) is 18.0 Å². The van der Waals surface area contributed by atoms with Crippen molar-refractivity contribution in [2.24, 2.45) is 0 Å². The Labute approximate surface area is 136 Å². The Morgan fingerprint density at radius 2 is 2.09 bits per heavy atom. The molecule has 23 heavy (non-hydrogen) atoms. The molecule has 4 heteroatoms. The van der Waals surface area contributed by atoms with Crippen molar-refractivity contribution in [2.45, 2.75) is 25.8 Å². The van der Waals surface area contributed by atoms with E-state index in [1.807, 2.05) is 6.07 Å². The number of fused-ring (bicyclic) bond motifs is 1. The summed E-state index contributed by atoms with van der Waals surface area (Å²) in [5, 5.41) is 2.96. The van der Waals surface area contributed by atoms with Gasteiger partial charge in [0.25, 0.3) is 0 Å². The van der Waals surface area contributed by atoms with Gasteiger partial charge < -0.3 is 10.2 Å². The molecule has 3 nitrogen and oxygen atoms in total. The Bertz CT molecular complexity index is 701. The predicted molar refractivity (Wildman–Crippen MR) is 90.1 cm³/mol. The molecule has 0 saturated heterocycles. The zero-order chi connectivity index (χ0) is 16.2. The average Bonchev–Trinajstić information content (AvgIpc) is 2.97.